The first-order valence-corrected chi connectivity index (χ1v) is 15.7. The van der Waals surface area contributed by atoms with E-state index in [1.807, 2.05) is 0 Å². The number of carbonyl (C=O) groups excluding carboxylic acids is 2. The molecule has 0 aromatic heterocycles. The lowest BCUT2D eigenvalue weighted by atomic mass is 9.97. The molecule has 0 bridgehead atoms. The van der Waals surface area contributed by atoms with Crippen molar-refractivity contribution in [3.05, 3.63) is 0 Å². The number of nitrogens with one attached hydrogen (secondary N) is 2. The molecule has 0 rings (SSSR count). The van der Waals surface area contributed by atoms with E-state index in [9.17, 15) is 9.59 Å². The van der Waals surface area contributed by atoms with E-state index >= 15 is 0 Å². The van der Waals surface area contributed by atoms with Crippen molar-refractivity contribution in [1.82, 2.24) is 10.6 Å². The van der Waals surface area contributed by atoms with Gasteiger partial charge in [0.1, 0.15) is 0 Å². The van der Waals surface area contributed by atoms with Crippen molar-refractivity contribution >= 4 is 11.8 Å². The molecule has 0 aliphatic carbocycles. The maximum atomic E-state index is 12.0. The molecule has 0 aliphatic rings. The second kappa shape index (κ2) is 25.3. The average molecular weight is 529 g/mol. The SMILES string of the molecule is CC(C)CCCC(C)CCNC(=O)CCCCC#CC#CCCCCC(=O)NCCC(C)CCCC(C)C. The van der Waals surface area contributed by atoms with Gasteiger partial charge >= 0.3 is 0 Å². The van der Waals surface area contributed by atoms with Gasteiger partial charge in [-0.1, -0.05) is 91.9 Å². The number of carbonyl (C=O) groups is 2. The van der Waals surface area contributed by atoms with E-state index in [4.69, 9.17) is 0 Å². The first-order chi connectivity index (χ1) is 18.2. The number of hydrogen-bond acceptors (Lipinski definition) is 2. The van der Waals surface area contributed by atoms with Gasteiger partial charge in [0.05, 0.1) is 0 Å². The van der Waals surface area contributed by atoms with Crippen molar-refractivity contribution < 1.29 is 9.59 Å². The fourth-order valence-electron chi connectivity index (χ4n) is 4.34. The number of unbranched alkanes of at least 4 members (excludes halogenated alkanes) is 4. The van der Waals surface area contributed by atoms with E-state index in [0.717, 1.165) is 76.3 Å². The van der Waals surface area contributed by atoms with Crippen LogP contribution in [-0.4, -0.2) is 24.9 Å². The van der Waals surface area contributed by atoms with Crippen molar-refractivity contribution in [3.8, 4) is 23.7 Å². The molecule has 0 aliphatic heterocycles. The van der Waals surface area contributed by atoms with Crippen LogP contribution in [0, 0.1) is 47.4 Å². The van der Waals surface area contributed by atoms with Crippen LogP contribution in [0.15, 0.2) is 0 Å². The van der Waals surface area contributed by atoms with E-state index in [1.54, 1.807) is 0 Å². The predicted octanol–water partition coefficient (Wildman–Crippen LogP) is 8.05. The van der Waals surface area contributed by atoms with Crippen LogP contribution in [0.3, 0.4) is 0 Å². The molecule has 4 nitrogen and oxygen atoms in total. The summed E-state index contributed by atoms with van der Waals surface area (Å²) in [5.74, 6) is 15.2. The molecular weight excluding hydrogens is 468 g/mol. The molecule has 218 valence electrons. The molecule has 0 aromatic carbocycles. The minimum Gasteiger partial charge on any atom is -0.356 e. The third-order valence-electron chi connectivity index (χ3n) is 7.03. The van der Waals surface area contributed by atoms with Gasteiger partial charge in [-0.15, -0.1) is 0 Å². The molecular formula is C34H60N2O2. The number of hydrogen-bond donors (Lipinski definition) is 2. The summed E-state index contributed by atoms with van der Waals surface area (Å²) in [5.41, 5.74) is 0. The monoisotopic (exact) mass is 528 g/mol. The second-order valence-corrected chi connectivity index (χ2v) is 12.2. The van der Waals surface area contributed by atoms with E-state index < -0.39 is 0 Å². The quantitative estimate of drug-likeness (QED) is 0.110. The van der Waals surface area contributed by atoms with Crippen molar-refractivity contribution in [2.24, 2.45) is 23.7 Å². The highest BCUT2D eigenvalue weighted by atomic mass is 16.2. The summed E-state index contributed by atoms with van der Waals surface area (Å²) in [4.78, 5) is 23.9. The topological polar surface area (TPSA) is 58.2 Å². The van der Waals surface area contributed by atoms with Crippen LogP contribution < -0.4 is 10.6 Å². The van der Waals surface area contributed by atoms with Gasteiger partial charge in [-0.3, -0.25) is 9.59 Å². The van der Waals surface area contributed by atoms with Crippen LogP contribution in [0.2, 0.25) is 0 Å². The molecule has 4 heteroatoms. The molecule has 2 atom stereocenters. The van der Waals surface area contributed by atoms with Crippen LogP contribution in [0.1, 0.15) is 144 Å². The minimum absolute atomic E-state index is 0.160. The lowest BCUT2D eigenvalue weighted by molar-refractivity contribution is -0.122. The van der Waals surface area contributed by atoms with Gasteiger partial charge in [0.2, 0.25) is 11.8 Å². The van der Waals surface area contributed by atoms with Crippen LogP contribution >= 0.6 is 0 Å². The summed E-state index contributed by atoms with van der Waals surface area (Å²) in [6, 6.07) is 0. The molecule has 2 unspecified atom stereocenters. The first-order valence-electron chi connectivity index (χ1n) is 15.7. The standard InChI is InChI=1S/C34H60N2O2/c1-29(2)19-17-21-31(5)25-27-35-33(37)23-15-13-11-9-7-8-10-12-14-16-24-34(38)36-28-26-32(6)22-18-20-30(3)4/h29-32H,11-28H2,1-6H3,(H,35,37)(H,36,38). The fourth-order valence-corrected chi connectivity index (χ4v) is 4.34. The largest absolute Gasteiger partial charge is 0.356 e. The fraction of sp³-hybridized carbons (Fsp3) is 0.824. The highest BCUT2D eigenvalue weighted by Crippen LogP contribution is 2.15. The smallest absolute Gasteiger partial charge is 0.219 e. The number of amides is 2. The normalized spacial score (nSPS) is 12.3. The maximum Gasteiger partial charge on any atom is 0.219 e. The van der Waals surface area contributed by atoms with Gasteiger partial charge in [0, 0.05) is 38.8 Å². The Morgan fingerprint density at radius 1 is 0.526 bits per heavy atom. The van der Waals surface area contributed by atoms with E-state index in [2.05, 4.69) is 75.9 Å². The molecule has 38 heavy (non-hydrogen) atoms. The van der Waals surface area contributed by atoms with Crippen LogP contribution in [-0.2, 0) is 9.59 Å². The van der Waals surface area contributed by atoms with Gasteiger partial charge in [-0.25, -0.2) is 0 Å². The molecule has 0 fully saturated rings. The van der Waals surface area contributed by atoms with E-state index in [0.29, 0.717) is 24.7 Å². The van der Waals surface area contributed by atoms with Crippen molar-refractivity contribution in [3.63, 3.8) is 0 Å². The summed E-state index contributed by atoms with van der Waals surface area (Å²) < 4.78 is 0. The Labute approximate surface area is 236 Å². The lowest BCUT2D eigenvalue weighted by Crippen LogP contribution is -2.25. The zero-order valence-corrected chi connectivity index (χ0v) is 25.9. The molecule has 2 amide bonds. The first kappa shape index (κ1) is 36.1. The predicted molar refractivity (Wildman–Crippen MR) is 163 cm³/mol. The summed E-state index contributed by atoms with van der Waals surface area (Å²) in [6.07, 6.45) is 16.2. The van der Waals surface area contributed by atoms with Crippen molar-refractivity contribution in [2.75, 3.05) is 13.1 Å². The Morgan fingerprint density at radius 2 is 0.921 bits per heavy atom. The Hall–Kier alpha value is -1.94. The molecule has 0 saturated carbocycles. The van der Waals surface area contributed by atoms with Crippen molar-refractivity contribution in [2.45, 2.75) is 144 Å². The van der Waals surface area contributed by atoms with Crippen LogP contribution in [0.4, 0.5) is 0 Å². The molecule has 0 heterocycles. The van der Waals surface area contributed by atoms with Crippen LogP contribution in [0.5, 0.6) is 0 Å². The molecule has 0 spiro atoms. The summed E-state index contributed by atoms with van der Waals surface area (Å²) in [7, 11) is 0. The molecule has 2 N–H and O–H groups in total. The van der Waals surface area contributed by atoms with Crippen molar-refractivity contribution in [1.29, 1.82) is 0 Å². The Balaban J connectivity index is 3.61. The van der Waals surface area contributed by atoms with Crippen LogP contribution in [0.25, 0.3) is 0 Å². The summed E-state index contributed by atoms with van der Waals surface area (Å²) in [5, 5.41) is 6.11. The number of rotatable bonds is 22. The lowest BCUT2D eigenvalue weighted by Gasteiger charge is -2.12. The van der Waals surface area contributed by atoms with Gasteiger partial charge in [-0.2, -0.15) is 0 Å². The Kier molecular flexibility index (Phi) is 24.1. The van der Waals surface area contributed by atoms with Gasteiger partial charge in [-0.05, 0) is 74.0 Å². The molecule has 0 radical (unpaired) electrons. The highest BCUT2D eigenvalue weighted by molar-refractivity contribution is 5.76. The zero-order chi connectivity index (χ0) is 28.4. The van der Waals surface area contributed by atoms with Gasteiger partial charge < -0.3 is 10.6 Å². The average Bonchev–Trinajstić information content (AvgIpc) is 2.84. The minimum atomic E-state index is 0.160. The Morgan fingerprint density at radius 3 is 1.29 bits per heavy atom. The van der Waals surface area contributed by atoms with E-state index in [-0.39, 0.29) is 11.8 Å². The summed E-state index contributed by atoms with van der Waals surface area (Å²) >= 11 is 0. The van der Waals surface area contributed by atoms with Gasteiger partial charge in [0.25, 0.3) is 0 Å². The molecule has 0 aromatic rings. The summed E-state index contributed by atoms with van der Waals surface area (Å²) in [6.45, 7) is 15.2. The Bertz CT molecular complexity index is 658. The third kappa shape index (κ3) is 27.1. The zero-order valence-electron chi connectivity index (χ0n) is 25.9. The molecule has 0 saturated heterocycles. The van der Waals surface area contributed by atoms with Gasteiger partial charge in [0.15, 0.2) is 0 Å². The van der Waals surface area contributed by atoms with E-state index in [1.165, 1.54) is 38.5 Å². The third-order valence-corrected chi connectivity index (χ3v) is 7.03. The second-order valence-electron chi connectivity index (χ2n) is 12.2. The highest BCUT2D eigenvalue weighted by Gasteiger charge is 2.06. The maximum absolute atomic E-state index is 12.0.